The largest absolute Gasteiger partial charge is 0.361 e. The van der Waals surface area contributed by atoms with E-state index in [-0.39, 0.29) is 5.91 Å². The monoisotopic (exact) mass is 327 g/mol. The highest BCUT2D eigenvalue weighted by Gasteiger charge is 2.11. The van der Waals surface area contributed by atoms with Crippen molar-refractivity contribution in [3.63, 3.8) is 0 Å². The van der Waals surface area contributed by atoms with E-state index in [9.17, 15) is 4.79 Å². The molecule has 2 heterocycles. The van der Waals surface area contributed by atoms with Gasteiger partial charge in [0.1, 0.15) is 0 Å². The van der Waals surface area contributed by atoms with Crippen molar-refractivity contribution in [3.05, 3.63) is 64.1 Å². The van der Waals surface area contributed by atoms with Gasteiger partial charge < -0.3 is 10.3 Å². The Morgan fingerprint density at radius 1 is 1.30 bits per heavy atom. The number of carbonyl (C=O) groups excluding carboxylic acids is 1. The average Bonchev–Trinajstić information content (AvgIpc) is 2.89. The van der Waals surface area contributed by atoms with Crippen LogP contribution in [0.2, 0.25) is 5.02 Å². The molecule has 0 aliphatic heterocycles. The van der Waals surface area contributed by atoms with Crippen LogP contribution in [0.15, 0.2) is 36.7 Å². The normalized spacial score (nSPS) is 10.9. The lowest BCUT2D eigenvalue weighted by Crippen LogP contribution is -2.26. The minimum atomic E-state index is -0.196. The van der Waals surface area contributed by atoms with E-state index in [0.29, 0.717) is 17.1 Å². The molecule has 0 saturated carbocycles. The third kappa shape index (κ3) is 3.37. The molecule has 23 heavy (non-hydrogen) atoms. The number of aryl methyl sites for hydroxylation is 2. The van der Waals surface area contributed by atoms with Crippen molar-refractivity contribution in [1.29, 1.82) is 0 Å². The molecule has 2 aromatic heterocycles. The third-order valence-corrected chi connectivity index (χ3v) is 4.15. The number of rotatable bonds is 4. The van der Waals surface area contributed by atoms with Crippen LogP contribution >= 0.6 is 11.6 Å². The van der Waals surface area contributed by atoms with Crippen LogP contribution in [0.25, 0.3) is 10.9 Å². The first kappa shape index (κ1) is 15.6. The Morgan fingerprint density at radius 2 is 2.13 bits per heavy atom. The van der Waals surface area contributed by atoms with Gasteiger partial charge in [0, 0.05) is 35.5 Å². The third-order valence-electron chi connectivity index (χ3n) is 3.84. The highest BCUT2D eigenvalue weighted by atomic mass is 35.5. The predicted octanol–water partition coefficient (Wildman–Crippen LogP) is 3.81. The molecule has 1 aromatic carbocycles. The second-order valence-electron chi connectivity index (χ2n) is 5.67. The summed E-state index contributed by atoms with van der Waals surface area (Å²) in [6, 6.07) is 8.02. The molecule has 5 heteroatoms. The van der Waals surface area contributed by atoms with E-state index in [4.69, 9.17) is 11.6 Å². The minimum Gasteiger partial charge on any atom is -0.361 e. The van der Waals surface area contributed by atoms with Crippen molar-refractivity contribution in [1.82, 2.24) is 15.3 Å². The molecule has 3 rings (SSSR count). The smallest absolute Gasteiger partial charge is 0.254 e. The maximum atomic E-state index is 12.2. The summed E-state index contributed by atoms with van der Waals surface area (Å²) < 4.78 is 0. The van der Waals surface area contributed by atoms with Crippen molar-refractivity contribution in [3.8, 4) is 0 Å². The molecule has 0 bridgehead atoms. The molecule has 2 N–H and O–H groups in total. The Morgan fingerprint density at radius 3 is 2.91 bits per heavy atom. The molecule has 0 fully saturated rings. The zero-order valence-electron chi connectivity index (χ0n) is 13.1. The number of halogens is 1. The van der Waals surface area contributed by atoms with Crippen LogP contribution in [0.1, 0.15) is 27.2 Å². The van der Waals surface area contributed by atoms with Gasteiger partial charge in [0.15, 0.2) is 0 Å². The van der Waals surface area contributed by atoms with Gasteiger partial charge in [-0.15, -0.1) is 0 Å². The first-order valence-electron chi connectivity index (χ1n) is 7.51. The van der Waals surface area contributed by atoms with E-state index in [2.05, 4.69) is 40.4 Å². The lowest BCUT2D eigenvalue weighted by atomic mass is 10.1. The second kappa shape index (κ2) is 6.42. The molecular formula is C18H18ClN3O. The Bertz CT molecular complexity index is 870. The summed E-state index contributed by atoms with van der Waals surface area (Å²) in [6.07, 6.45) is 4.27. The van der Waals surface area contributed by atoms with Gasteiger partial charge in [-0.2, -0.15) is 0 Å². The molecule has 118 valence electrons. The van der Waals surface area contributed by atoms with Crippen molar-refractivity contribution in [2.75, 3.05) is 6.54 Å². The molecule has 3 aromatic rings. The van der Waals surface area contributed by atoms with Gasteiger partial charge in [0.2, 0.25) is 0 Å². The van der Waals surface area contributed by atoms with Crippen LogP contribution < -0.4 is 5.32 Å². The zero-order chi connectivity index (χ0) is 16.4. The fourth-order valence-electron chi connectivity index (χ4n) is 2.61. The Balaban J connectivity index is 1.65. The van der Waals surface area contributed by atoms with Crippen LogP contribution in [0, 0.1) is 13.8 Å². The van der Waals surface area contributed by atoms with Gasteiger partial charge >= 0.3 is 0 Å². The van der Waals surface area contributed by atoms with Crippen molar-refractivity contribution in [2.45, 2.75) is 20.3 Å². The summed E-state index contributed by atoms with van der Waals surface area (Å²) >= 11 is 6.09. The number of fused-ring (bicyclic) bond motifs is 1. The molecule has 0 aliphatic rings. The predicted molar refractivity (Wildman–Crippen MR) is 93.1 cm³/mol. The maximum Gasteiger partial charge on any atom is 0.254 e. The van der Waals surface area contributed by atoms with Crippen molar-refractivity contribution < 1.29 is 4.79 Å². The average molecular weight is 328 g/mol. The minimum absolute atomic E-state index is 0.196. The lowest BCUT2D eigenvalue weighted by molar-refractivity contribution is 0.0954. The number of amides is 1. The van der Waals surface area contributed by atoms with E-state index in [1.54, 1.807) is 6.07 Å². The van der Waals surface area contributed by atoms with Crippen molar-refractivity contribution >= 4 is 28.4 Å². The number of aromatic nitrogens is 2. The number of aromatic amines is 1. The second-order valence-corrected chi connectivity index (χ2v) is 6.08. The van der Waals surface area contributed by atoms with E-state index in [0.717, 1.165) is 17.6 Å². The SMILES string of the molecule is Cc1ccc2c(CCNC(=O)c3cnc(C)cc3Cl)c[nH]c2c1. The number of hydrogen-bond donors (Lipinski definition) is 2. The summed E-state index contributed by atoms with van der Waals surface area (Å²) in [5.41, 5.74) is 4.73. The van der Waals surface area contributed by atoms with Crippen LogP contribution in [0.4, 0.5) is 0 Å². The molecule has 4 nitrogen and oxygen atoms in total. The van der Waals surface area contributed by atoms with E-state index < -0.39 is 0 Å². The molecule has 0 saturated heterocycles. The molecule has 0 radical (unpaired) electrons. The molecule has 0 spiro atoms. The first-order chi connectivity index (χ1) is 11.0. The molecule has 1 amide bonds. The zero-order valence-corrected chi connectivity index (χ0v) is 13.9. The van der Waals surface area contributed by atoms with Crippen LogP contribution in [0.5, 0.6) is 0 Å². The van der Waals surface area contributed by atoms with Gasteiger partial charge in [-0.25, -0.2) is 0 Å². The molecule has 0 aliphatic carbocycles. The fourth-order valence-corrected chi connectivity index (χ4v) is 2.90. The number of nitrogens with one attached hydrogen (secondary N) is 2. The first-order valence-corrected chi connectivity index (χ1v) is 7.89. The summed E-state index contributed by atoms with van der Waals surface area (Å²) in [5, 5.41) is 4.52. The molecule has 0 unspecified atom stereocenters. The number of H-pyrrole nitrogens is 1. The van der Waals surface area contributed by atoms with Crippen LogP contribution in [0.3, 0.4) is 0 Å². The maximum absolute atomic E-state index is 12.2. The van der Waals surface area contributed by atoms with Gasteiger partial charge in [0.25, 0.3) is 5.91 Å². The topological polar surface area (TPSA) is 57.8 Å². The summed E-state index contributed by atoms with van der Waals surface area (Å²) in [4.78, 5) is 19.6. The Kier molecular flexibility index (Phi) is 4.35. The highest BCUT2D eigenvalue weighted by molar-refractivity contribution is 6.33. The van der Waals surface area contributed by atoms with Crippen LogP contribution in [-0.4, -0.2) is 22.4 Å². The van der Waals surface area contributed by atoms with Gasteiger partial charge in [0.05, 0.1) is 10.6 Å². The van der Waals surface area contributed by atoms with Crippen LogP contribution in [-0.2, 0) is 6.42 Å². The van der Waals surface area contributed by atoms with E-state index in [1.165, 1.54) is 22.7 Å². The molecular weight excluding hydrogens is 310 g/mol. The van der Waals surface area contributed by atoms with Gasteiger partial charge in [-0.1, -0.05) is 23.7 Å². The number of hydrogen-bond acceptors (Lipinski definition) is 2. The fraction of sp³-hybridized carbons (Fsp3) is 0.222. The quantitative estimate of drug-likeness (QED) is 0.765. The number of pyridine rings is 1. The highest BCUT2D eigenvalue weighted by Crippen LogP contribution is 2.20. The number of benzene rings is 1. The summed E-state index contributed by atoms with van der Waals surface area (Å²) in [5.74, 6) is -0.196. The Labute approximate surface area is 139 Å². The van der Waals surface area contributed by atoms with Crippen molar-refractivity contribution in [2.24, 2.45) is 0 Å². The summed E-state index contributed by atoms with van der Waals surface area (Å²) in [6.45, 7) is 4.45. The van der Waals surface area contributed by atoms with E-state index >= 15 is 0 Å². The van der Waals surface area contributed by atoms with Gasteiger partial charge in [-0.05, 0) is 43.5 Å². The lowest BCUT2D eigenvalue weighted by Gasteiger charge is -2.07. The standard InChI is InChI=1S/C18H18ClN3O/c1-11-3-4-14-13(9-22-17(14)7-11)5-6-20-18(23)15-10-21-12(2)8-16(15)19/h3-4,7-10,22H,5-6H2,1-2H3,(H,20,23). The number of nitrogens with zero attached hydrogens (tertiary/aromatic N) is 1. The van der Waals surface area contributed by atoms with Gasteiger partial charge in [-0.3, -0.25) is 9.78 Å². The Hall–Kier alpha value is -2.33. The molecule has 0 atom stereocenters. The number of carbonyl (C=O) groups is 1. The summed E-state index contributed by atoms with van der Waals surface area (Å²) in [7, 11) is 0. The van der Waals surface area contributed by atoms with E-state index in [1.807, 2.05) is 13.1 Å².